The highest BCUT2D eigenvalue weighted by atomic mass is 28.4. The minimum absolute atomic E-state index is 0.740. The first-order chi connectivity index (χ1) is 11.0. The first-order valence-electron chi connectivity index (χ1n) is 9.70. The predicted molar refractivity (Wildman–Crippen MR) is 106 cm³/mol. The Morgan fingerprint density at radius 1 is 0.826 bits per heavy atom. The van der Waals surface area contributed by atoms with Crippen LogP contribution >= 0.6 is 0 Å². The molecule has 0 saturated heterocycles. The average Bonchev–Trinajstić information content (AvgIpc) is 2.61. The Labute approximate surface area is 146 Å². The van der Waals surface area contributed by atoms with Gasteiger partial charge in [-0.3, -0.25) is 0 Å². The molecule has 0 aromatic heterocycles. The first-order valence-corrected chi connectivity index (χ1v) is 11.8. The molecule has 1 nitrogen and oxygen atoms in total. The molecule has 3 unspecified atom stereocenters. The molecule has 3 atom stereocenters. The summed E-state index contributed by atoms with van der Waals surface area (Å²) in [5.41, 5.74) is 3.65. The van der Waals surface area contributed by atoms with Crippen molar-refractivity contribution in [3.05, 3.63) is 35.9 Å². The van der Waals surface area contributed by atoms with Crippen LogP contribution in [0.3, 0.4) is 0 Å². The molecule has 23 heavy (non-hydrogen) atoms. The van der Waals surface area contributed by atoms with E-state index in [0.29, 0.717) is 0 Å². The minimum atomic E-state index is -1.74. The lowest BCUT2D eigenvalue weighted by Crippen LogP contribution is -2.50. The van der Waals surface area contributed by atoms with Crippen LogP contribution in [0.1, 0.15) is 72.8 Å². The third kappa shape index (κ3) is 5.19. The topological polar surface area (TPSA) is 9.23 Å². The highest BCUT2D eigenvalue weighted by Crippen LogP contribution is 2.47. The van der Waals surface area contributed by atoms with E-state index >= 15 is 0 Å². The van der Waals surface area contributed by atoms with Crippen molar-refractivity contribution in [1.82, 2.24) is 0 Å². The number of aryl methyl sites for hydroxylation is 1. The molecule has 0 spiro atoms. The summed E-state index contributed by atoms with van der Waals surface area (Å²) >= 11 is 0. The predicted octanol–water partition coefficient (Wildman–Crippen LogP) is 6.98. The Bertz CT molecular complexity index is 391. The van der Waals surface area contributed by atoms with E-state index in [0.717, 1.165) is 36.1 Å². The molecule has 0 N–H and O–H groups in total. The van der Waals surface area contributed by atoms with E-state index < -0.39 is 8.32 Å². The SMILES string of the molecule is CCC(C)[Si](OCCCc1ccccc1)(C(C)CC)C(C)CC. The summed E-state index contributed by atoms with van der Waals surface area (Å²) in [6, 6.07) is 10.8. The van der Waals surface area contributed by atoms with Crippen molar-refractivity contribution in [3.63, 3.8) is 0 Å². The maximum atomic E-state index is 6.85. The van der Waals surface area contributed by atoms with E-state index in [-0.39, 0.29) is 0 Å². The molecule has 0 aliphatic carbocycles. The Kier molecular flexibility index (Phi) is 9.16. The zero-order valence-corrected chi connectivity index (χ0v) is 17.3. The van der Waals surface area contributed by atoms with Crippen LogP contribution in [0.5, 0.6) is 0 Å². The fourth-order valence-corrected chi connectivity index (χ4v) is 10.2. The number of benzene rings is 1. The molecule has 0 bridgehead atoms. The lowest BCUT2D eigenvalue weighted by atomic mass is 10.1. The Morgan fingerprint density at radius 2 is 1.30 bits per heavy atom. The third-order valence-electron chi connectivity index (χ3n) is 5.95. The van der Waals surface area contributed by atoms with Crippen molar-refractivity contribution >= 4 is 8.32 Å². The standard InChI is InChI=1S/C21H38OSi/c1-7-18(4)23(19(5)8-2,20(6)9-3)22-17-13-16-21-14-11-10-12-15-21/h10-12,14-15,18-20H,7-9,13,16-17H2,1-6H3. The van der Waals surface area contributed by atoms with Gasteiger partial charge < -0.3 is 4.43 Å². The van der Waals surface area contributed by atoms with Gasteiger partial charge in [0, 0.05) is 6.61 Å². The zero-order valence-electron chi connectivity index (χ0n) is 16.3. The fourth-order valence-electron chi connectivity index (χ4n) is 4.01. The van der Waals surface area contributed by atoms with Crippen LogP contribution in [0.25, 0.3) is 0 Å². The van der Waals surface area contributed by atoms with Gasteiger partial charge in [0.15, 0.2) is 0 Å². The molecule has 1 aromatic rings. The minimum Gasteiger partial charge on any atom is -0.416 e. The van der Waals surface area contributed by atoms with Gasteiger partial charge in [-0.2, -0.15) is 0 Å². The molecule has 0 saturated carbocycles. The molecule has 132 valence electrons. The van der Waals surface area contributed by atoms with E-state index in [2.05, 4.69) is 71.9 Å². The normalized spacial score (nSPS) is 18.2. The molecule has 0 amide bonds. The van der Waals surface area contributed by atoms with Crippen molar-refractivity contribution in [2.24, 2.45) is 0 Å². The maximum Gasteiger partial charge on any atom is 0.201 e. The highest BCUT2D eigenvalue weighted by molar-refractivity contribution is 6.77. The van der Waals surface area contributed by atoms with E-state index in [4.69, 9.17) is 4.43 Å². The van der Waals surface area contributed by atoms with Gasteiger partial charge in [-0.05, 0) is 35.0 Å². The Hall–Kier alpha value is -0.603. The van der Waals surface area contributed by atoms with E-state index in [9.17, 15) is 0 Å². The molecule has 2 heteroatoms. The lowest BCUT2D eigenvalue weighted by molar-refractivity contribution is 0.265. The average molecular weight is 335 g/mol. The zero-order chi connectivity index (χ0) is 17.3. The quantitative estimate of drug-likeness (QED) is 0.313. The molecule has 0 heterocycles. The second-order valence-electron chi connectivity index (χ2n) is 7.22. The fraction of sp³-hybridized carbons (Fsp3) is 0.714. The molecule has 0 aliphatic rings. The van der Waals surface area contributed by atoms with Crippen LogP contribution in [0.2, 0.25) is 16.6 Å². The number of rotatable bonds is 11. The first kappa shape index (κ1) is 20.4. The van der Waals surface area contributed by atoms with Crippen LogP contribution in [-0.4, -0.2) is 14.9 Å². The van der Waals surface area contributed by atoms with Gasteiger partial charge in [0.1, 0.15) is 0 Å². The second-order valence-corrected chi connectivity index (χ2v) is 12.2. The number of hydrogen-bond donors (Lipinski definition) is 0. The van der Waals surface area contributed by atoms with E-state index in [1.807, 2.05) is 0 Å². The van der Waals surface area contributed by atoms with Gasteiger partial charge in [0.2, 0.25) is 8.32 Å². The third-order valence-corrected chi connectivity index (χ3v) is 12.5. The van der Waals surface area contributed by atoms with E-state index in [1.54, 1.807) is 0 Å². The van der Waals surface area contributed by atoms with Crippen LogP contribution in [-0.2, 0) is 10.8 Å². The van der Waals surface area contributed by atoms with Gasteiger partial charge >= 0.3 is 0 Å². The summed E-state index contributed by atoms with van der Waals surface area (Å²) in [6.45, 7) is 15.3. The molecule has 0 aliphatic heterocycles. The Morgan fingerprint density at radius 3 is 1.74 bits per heavy atom. The van der Waals surface area contributed by atoms with Crippen LogP contribution in [0, 0.1) is 0 Å². The Balaban J connectivity index is 2.75. The molecule has 0 radical (unpaired) electrons. The van der Waals surface area contributed by atoms with Gasteiger partial charge in [-0.25, -0.2) is 0 Å². The van der Waals surface area contributed by atoms with Gasteiger partial charge in [0.25, 0.3) is 0 Å². The van der Waals surface area contributed by atoms with Crippen molar-refractivity contribution in [2.75, 3.05) is 6.61 Å². The highest BCUT2D eigenvalue weighted by Gasteiger charge is 2.48. The molecular weight excluding hydrogens is 296 g/mol. The summed E-state index contributed by atoms with van der Waals surface area (Å²) in [5, 5.41) is 0. The summed E-state index contributed by atoms with van der Waals surface area (Å²) in [7, 11) is -1.74. The monoisotopic (exact) mass is 334 g/mol. The van der Waals surface area contributed by atoms with Crippen LogP contribution in [0.4, 0.5) is 0 Å². The summed E-state index contributed by atoms with van der Waals surface area (Å²) < 4.78 is 6.85. The lowest BCUT2D eigenvalue weighted by Gasteiger charge is -2.45. The second kappa shape index (κ2) is 10.3. The smallest absolute Gasteiger partial charge is 0.201 e. The maximum absolute atomic E-state index is 6.85. The van der Waals surface area contributed by atoms with Crippen molar-refractivity contribution in [2.45, 2.75) is 90.3 Å². The summed E-state index contributed by atoms with van der Waals surface area (Å²) in [6.07, 6.45) is 6.02. The van der Waals surface area contributed by atoms with Crippen molar-refractivity contribution in [3.8, 4) is 0 Å². The van der Waals surface area contributed by atoms with Crippen molar-refractivity contribution < 1.29 is 4.43 Å². The van der Waals surface area contributed by atoms with Gasteiger partial charge in [0.05, 0.1) is 0 Å². The number of hydrogen-bond acceptors (Lipinski definition) is 1. The molecule has 1 aromatic carbocycles. The van der Waals surface area contributed by atoms with Gasteiger partial charge in [-0.1, -0.05) is 91.1 Å². The molecule has 1 rings (SSSR count). The largest absolute Gasteiger partial charge is 0.416 e. The van der Waals surface area contributed by atoms with Crippen LogP contribution in [0.15, 0.2) is 30.3 Å². The van der Waals surface area contributed by atoms with Crippen LogP contribution < -0.4 is 0 Å². The molecular formula is C21H38OSi. The summed E-state index contributed by atoms with van der Waals surface area (Å²) in [4.78, 5) is 0. The summed E-state index contributed by atoms with van der Waals surface area (Å²) in [5.74, 6) is 0. The van der Waals surface area contributed by atoms with Gasteiger partial charge in [-0.15, -0.1) is 0 Å². The van der Waals surface area contributed by atoms with E-state index in [1.165, 1.54) is 24.8 Å². The molecule has 0 fully saturated rings. The van der Waals surface area contributed by atoms with Crippen molar-refractivity contribution in [1.29, 1.82) is 0 Å².